The quantitative estimate of drug-likeness (QED) is 0.395. The fourth-order valence-electron chi connectivity index (χ4n) is 5.00. The average Bonchev–Trinajstić information content (AvgIpc) is 3.35. The lowest BCUT2D eigenvalue weighted by atomic mass is 9.79. The van der Waals surface area contributed by atoms with Crippen LogP contribution in [0.15, 0.2) is 84.0 Å². The molecule has 6 rings (SSSR count). The Bertz CT molecular complexity index is 1880. The first-order valence-electron chi connectivity index (χ1n) is 12.8. The maximum absolute atomic E-state index is 13.2. The highest BCUT2D eigenvalue weighted by Crippen LogP contribution is 2.39. The molecule has 7 nitrogen and oxygen atoms in total. The van der Waals surface area contributed by atoms with E-state index in [1.165, 1.54) is 6.07 Å². The second-order valence-electron chi connectivity index (χ2n) is 8.96. The number of pyridine rings is 1. The van der Waals surface area contributed by atoms with Gasteiger partial charge in [0.1, 0.15) is 17.9 Å². The van der Waals surface area contributed by atoms with Crippen molar-refractivity contribution in [1.29, 1.82) is 5.26 Å². The zero-order valence-electron chi connectivity index (χ0n) is 22.4. The third-order valence-electron chi connectivity index (χ3n) is 6.91. The molecule has 1 aliphatic heterocycles. The van der Waals surface area contributed by atoms with E-state index in [2.05, 4.69) is 11.1 Å². The second kappa shape index (κ2) is 7.94. The van der Waals surface area contributed by atoms with Crippen LogP contribution < -0.4 is 16.0 Å². The van der Waals surface area contributed by atoms with Crippen molar-refractivity contribution < 1.29 is 8.85 Å². The van der Waals surface area contributed by atoms with Crippen LogP contribution in [-0.4, -0.2) is 14.1 Å². The summed E-state index contributed by atoms with van der Waals surface area (Å²) in [5, 5.41) is 10.3. The van der Waals surface area contributed by atoms with E-state index in [4.69, 9.17) is 14.6 Å². The van der Waals surface area contributed by atoms with Crippen LogP contribution in [0.1, 0.15) is 32.1 Å². The minimum atomic E-state index is -2.69. The summed E-state index contributed by atoms with van der Waals surface area (Å²) >= 11 is 0. The number of nitriles is 1. The molecule has 0 fully saturated rings. The normalized spacial score (nSPS) is 18.1. The molecular weight excluding hydrogens is 450 g/mol. The van der Waals surface area contributed by atoms with Crippen molar-refractivity contribution in [2.24, 2.45) is 19.8 Å². The third kappa shape index (κ3) is 3.16. The average molecular weight is 477 g/mol. The van der Waals surface area contributed by atoms with Crippen molar-refractivity contribution in [3.63, 3.8) is 0 Å². The van der Waals surface area contributed by atoms with Crippen LogP contribution in [0.5, 0.6) is 5.75 Å². The summed E-state index contributed by atoms with van der Waals surface area (Å²) in [4.78, 5) is 17.5. The van der Waals surface area contributed by atoms with Gasteiger partial charge in [-0.1, -0.05) is 24.3 Å². The monoisotopic (exact) mass is 476 g/mol. The highest BCUT2D eigenvalue weighted by molar-refractivity contribution is 5.95. The van der Waals surface area contributed by atoms with E-state index in [0.717, 1.165) is 4.57 Å². The minimum Gasteiger partial charge on any atom is -0.489 e. The van der Waals surface area contributed by atoms with E-state index >= 15 is 0 Å². The summed E-state index contributed by atoms with van der Waals surface area (Å²) in [6, 6.07) is 21.4. The van der Waals surface area contributed by atoms with E-state index in [1.54, 1.807) is 48.9 Å². The topological polar surface area (TPSA) is 98.9 Å². The Morgan fingerprint density at radius 1 is 1.14 bits per heavy atom. The predicted molar refractivity (Wildman–Crippen MR) is 137 cm³/mol. The number of rotatable bonds is 1. The Labute approximate surface area is 211 Å². The lowest BCUT2D eigenvalue weighted by Crippen LogP contribution is -2.41. The third-order valence-corrected chi connectivity index (χ3v) is 6.91. The number of aryl methyl sites for hydroxylation is 2. The molecule has 0 radical (unpaired) electrons. The largest absolute Gasteiger partial charge is 0.489 e. The summed E-state index contributed by atoms with van der Waals surface area (Å²) in [5.74, 6) is 0.538. The Kier molecular flexibility index (Phi) is 4.11. The van der Waals surface area contributed by atoms with Crippen LogP contribution >= 0.6 is 0 Å². The van der Waals surface area contributed by atoms with Crippen LogP contribution in [0.25, 0.3) is 22.0 Å². The van der Waals surface area contributed by atoms with Gasteiger partial charge < -0.3 is 19.6 Å². The van der Waals surface area contributed by atoms with Gasteiger partial charge in [0.05, 0.1) is 35.4 Å². The van der Waals surface area contributed by atoms with Crippen LogP contribution in [0.2, 0.25) is 0 Å². The van der Waals surface area contributed by atoms with E-state index < -0.39 is 18.1 Å². The zero-order chi connectivity index (χ0) is 27.5. The van der Waals surface area contributed by atoms with Crippen molar-refractivity contribution in [3.05, 3.63) is 118 Å². The molecule has 3 aromatic carbocycles. The molecule has 0 spiro atoms. The summed E-state index contributed by atoms with van der Waals surface area (Å²) < 4.78 is 32.9. The summed E-state index contributed by atoms with van der Waals surface area (Å²) in [7, 11) is 1.84. The lowest BCUT2D eigenvalue weighted by Gasteiger charge is -2.32. The second-order valence-corrected chi connectivity index (χ2v) is 8.96. The smallest absolute Gasteiger partial charge is 0.251 e. The van der Waals surface area contributed by atoms with Crippen molar-refractivity contribution in [1.82, 2.24) is 14.1 Å². The maximum Gasteiger partial charge on any atom is 0.251 e. The number of benzene rings is 3. The van der Waals surface area contributed by atoms with Crippen LogP contribution in [0.4, 0.5) is 0 Å². The van der Waals surface area contributed by atoms with Gasteiger partial charge in [0.25, 0.3) is 5.56 Å². The molecule has 3 heterocycles. The van der Waals surface area contributed by atoms with Gasteiger partial charge in [0, 0.05) is 35.2 Å². The predicted octanol–water partition coefficient (Wildman–Crippen LogP) is 3.95. The van der Waals surface area contributed by atoms with Crippen molar-refractivity contribution in [2.45, 2.75) is 12.1 Å². The number of aromatic nitrogens is 3. The fourth-order valence-corrected chi connectivity index (χ4v) is 5.00. The fraction of sp³-hybridized carbons (Fsp3) is 0.138. The van der Waals surface area contributed by atoms with E-state index in [0.29, 0.717) is 50.2 Å². The first-order valence-corrected chi connectivity index (χ1v) is 11.3. The van der Waals surface area contributed by atoms with Gasteiger partial charge in [-0.3, -0.25) is 4.79 Å². The van der Waals surface area contributed by atoms with E-state index in [1.807, 2.05) is 35.9 Å². The number of nitrogens with two attached hydrogens (primary N) is 1. The van der Waals surface area contributed by atoms with E-state index in [-0.39, 0.29) is 12.1 Å². The van der Waals surface area contributed by atoms with Crippen LogP contribution in [0.3, 0.4) is 0 Å². The first kappa shape index (κ1) is 18.6. The molecule has 36 heavy (non-hydrogen) atoms. The molecule has 1 unspecified atom stereocenters. The SMILES string of the molecule is [2H]C([2H])([2H])n1c(=O)cc2c3cc(ccc31)C(N)(c1cncn1C)c1ccc(C#N)c(c1)COc1cccc-2c1. The first-order chi connectivity index (χ1) is 18.6. The lowest BCUT2D eigenvalue weighted by molar-refractivity contribution is 0.306. The zero-order valence-corrected chi connectivity index (χ0v) is 19.4. The van der Waals surface area contributed by atoms with Crippen LogP contribution in [-0.2, 0) is 26.2 Å². The highest BCUT2D eigenvalue weighted by atomic mass is 16.5. The van der Waals surface area contributed by atoms with Crippen LogP contribution in [0, 0.1) is 11.3 Å². The molecule has 1 atom stereocenters. The van der Waals surface area contributed by atoms with Gasteiger partial charge in [-0.2, -0.15) is 5.26 Å². The number of ether oxygens (including phenoxy) is 1. The molecule has 5 aromatic rings. The molecule has 7 heteroatoms. The Hall–Kier alpha value is -4.67. The molecule has 2 aromatic heterocycles. The minimum absolute atomic E-state index is 0.120. The molecule has 6 bridgehead atoms. The Morgan fingerprint density at radius 3 is 2.75 bits per heavy atom. The molecule has 2 N–H and O–H groups in total. The Morgan fingerprint density at radius 2 is 1.97 bits per heavy atom. The van der Waals surface area contributed by atoms with Gasteiger partial charge in [0.15, 0.2) is 0 Å². The maximum atomic E-state index is 13.2. The van der Waals surface area contributed by atoms with Gasteiger partial charge in [-0.15, -0.1) is 0 Å². The van der Waals surface area contributed by atoms with Gasteiger partial charge in [0.2, 0.25) is 0 Å². The summed E-state index contributed by atoms with van der Waals surface area (Å²) in [6.07, 6.45) is 3.34. The molecule has 176 valence electrons. The number of imidazole rings is 1. The molecule has 0 saturated heterocycles. The number of fused-ring (bicyclic) bond motifs is 6. The molecular formula is C29H23N5O2. The number of hydrogen-bond acceptors (Lipinski definition) is 5. The van der Waals surface area contributed by atoms with Crippen molar-refractivity contribution in [2.75, 3.05) is 0 Å². The molecule has 0 amide bonds. The molecule has 0 aliphatic carbocycles. The van der Waals surface area contributed by atoms with Crippen molar-refractivity contribution >= 4 is 10.9 Å². The number of nitrogens with zero attached hydrogens (tertiary/aromatic N) is 4. The van der Waals surface area contributed by atoms with E-state index in [9.17, 15) is 10.1 Å². The van der Waals surface area contributed by atoms with Gasteiger partial charge in [-0.25, -0.2) is 4.98 Å². The number of hydrogen-bond donors (Lipinski definition) is 1. The van der Waals surface area contributed by atoms with Gasteiger partial charge in [-0.05, 0) is 58.7 Å². The summed E-state index contributed by atoms with van der Waals surface area (Å²) in [6.45, 7) is -2.57. The summed E-state index contributed by atoms with van der Waals surface area (Å²) in [5.41, 5.74) is 10.1. The van der Waals surface area contributed by atoms with Gasteiger partial charge >= 0.3 is 0 Å². The standard InChI is InChI=1S/C29H23N5O2/c1-33-17-32-15-27(33)29(31)21-7-6-19(14-30)20(10-21)16-36-23-5-3-4-18(11-23)24-13-28(35)34(2)26-9-8-22(29)12-25(24)26/h3-13,15,17H,16,31H2,1-2H3/i2D3. The Balaban J connectivity index is 1.78. The molecule has 1 aliphatic rings. The highest BCUT2D eigenvalue weighted by Gasteiger charge is 2.36. The van der Waals surface area contributed by atoms with Crippen molar-refractivity contribution in [3.8, 4) is 22.9 Å². The molecule has 0 saturated carbocycles.